The molecule has 4 heteroatoms. The van der Waals surface area contributed by atoms with Gasteiger partial charge in [-0.2, -0.15) is 0 Å². The molecule has 1 heterocycles. The van der Waals surface area contributed by atoms with E-state index in [0.717, 1.165) is 23.7 Å². The first-order chi connectivity index (χ1) is 10.2. The van der Waals surface area contributed by atoms with E-state index in [1.807, 2.05) is 30.3 Å². The number of fused-ring (bicyclic) bond motifs is 1. The second-order valence-corrected chi connectivity index (χ2v) is 6.82. The van der Waals surface area contributed by atoms with Crippen LogP contribution in [0.4, 0.5) is 0 Å². The van der Waals surface area contributed by atoms with Gasteiger partial charge in [-0.3, -0.25) is 9.78 Å². The van der Waals surface area contributed by atoms with Gasteiger partial charge in [0.2, 0.25) is 0 Å². The first kappa shape index (κ1) is 14.5. The fourth-order valence-electron chi connectivity index (χ4n) is 2.89. The molecule has 0 aliphatic heterocycles. The van der Waals surface area contributed by atoms with Crippen LogP contribution in [0.15, 0.2) is 36.5 Å². The summed E-state index contributed by atoms with van der Waals surface area (Å²) in [5, 5.41) is 4.18. The number of amides is 1. The average Bonchev–Trinajstić information content (AvgIpc) is 2.72. The zero-order chi connectivity index (χ0) is 14.7. The SMILES string of the molecule is O=C(NC1CCCCCC1Br)c1ccc2ncccc2c1. The number of carbonyl (C=O) groups is 1. The van der Waals surface area contributed by atoms with Gasteiger partial charge in [0.25, 0.3) is 5.91 Å². The van der Waals surface area contributed by atoms with Crippen molar-refractivity contribution in [2.75, 3.05) is 0 Å². The topological polar surface area (TPSA) is 42.0 Å². The number of aromatic nitrogens is 1. The van der Waals surface area contributed by atoms with Crippen molar-refractivity contribution in [3.05, 3.63) is 42.1 Å². The predicted octanol–water partition coefficient (Wildman–Crippen LogP) is 4.06. The van der Waals surface area contributed by atoms with Crippen molar-refractivity contribution in [3.63, 3.8) is 0 Å². The van der Waals surface area contributed by atoms with Crippen LogP contribution in [-0.4, -0.2) is 21.8 Å². The van der Waals surface area contributed by atoms with Crippen LogP contribution in [0, 0.1) is 0 Å². The van der Waals surface area contributed by atoms with Crippen LogP contribution in [0.1, 0.15) is 42.5 Å². The third-order valence-corrected chi connectivity index (χ3v) is 5.21. The fourth-order valence-corrected chi connectivity index (χ4v) is 3.61. The molecule has 3 nitrogen and oxygen atoms in total. The lowest BCUT2D eigenvalue weighted by Gasteiger charge is -2.21. The molecule has 0 radical (unpaired) electrons. The summed E-state index contributed by atoms with van der Waals surface area (Å²) >= 11 is 3.72. The van der Waals surface area contributed by atoms with Crippen molar-refractivity contribution in [2.24, 2.45) is 0 Å². The Bertz CT molecular complexity index is 643. The monoisotopic (exact) mass is 346 g/mol. The highest BCUT2D eigenvalue weighted by atomic mass is 79.9. The summed E-state index contributed by atoms with van der Waals surface area (Å²) < 4.78 is 0. The van der Waals surface area contributed by atoms with E-state index in [-0.39, 0.29) is 11.9 Å². The lowest BCUT2D eigenvalue weighted by molar-refractivity contribution is 0.0935. The highest BCUT2D eigenvalue weighted by Gasteiger charge is 2.23. The number of rotatable bonds is 2. The molecule has 1 N–H and O–H groups in total. The molecule has 1 aromatic heterocycles. The maximum Gasteiger partial charge on any atom is 0.251 e. The second kappa shape index (κ2) is 6.56. The molecule has 2 atom stereocenters. The molecule has 1 aliphatic rings. The Kier molecular flexibility index (Phi) is 4.54. The van der Waals surface area contributed by atoms with Crippen molar-refractivity contribution < 1.29 is 4.79 Å². The van der Waals surface area contributed by atoms with Crippen molar-refractivity contribution in [1.82, 2.24) is 10.3 Å². The summed E-state index contributed by atoms with van der Waals surface area (Å²) in [5.41, 5.74) is 1.63. The van der Waals surface area contributed by atoms with Gasteiger partial charge >= 0.3 is 0 Å². The van der Waals surface area contributed by atoms with Crippen molar-refractivity contribution in [1.29, 1.82) is 0 Å². The van der Waals surface area contributed by atoms with E-state index < -0.39 is 0 Å². The number of nitrogens with zero attached hydrogens (tertiary/aromatic N) is 1. The minimum Gasteiger partial charge on any atom is -0.348 e. The van der Waals surface area contributed by atoms with Crippen LogP contribution in [0.2, 0.25) is 0 Å². The molecule has 1 amide bonds. The van der Waals surface area contributed by atoms with E-state index in [4.69, 9.17) is 0 Å². The molecule has 21 heavy (non-hydrogen) atoms. The molecule has 1 saturated carbocycles. The predicted molar refractivity (Wildman–Crippen MR) is 88.8 cm³/mol. The number of hydrogen-bond donors (Lipinski definition) is 1. The minimum atomic E-state index is 0.0112. The van der Waals surface area contributed by atoms with Gasteiger partial charge < -0.3 is 5.32 Å². The fraction of sp³-hybridized carbons (Fsp3) is 0.412. The summed E-state index contributed by atoms with van der Waals surface area (Å²) in [7, 11) is 0. The van der Waals surface area contributed by atoms with Crippen LogP contribution in [0.25, 0.3) is 10.9 Å². The second-order valence-electron chi connectivity index (χ2n) is 5.64. The number of carbonyl (C=O) groups excluding carboxylic acids is 1. The van der Waals surface area contributed by atoms with Gasteiger partial charge in [0.05, 0.1) is 5.52 Å². The molecule has 0 saturated heterocycles. The Balaban J connectivity index is 1.76. The van der Waals surface area contributed by atoms with Crippen LogP contribution in [0.5, 0.6) is 0 Å². The van der Waals surface area contributed by atoms with Crippen LogP contribution in [0.3, 0.4) is 0 Å². The number of alkyl halides is 1. The van der Waals surface area contributed by atoms with E-state index in [9.17, 15) is 4.79 Å². The van der Waals surface area contributed by atoms with Gasteiger partial charge in [-0.1, -0.05) is 41.3 Å². The largest absolute Gasteiger partial charge is 0.348 e. The summed E-state index contributed by atoms with van der Waals surface area (Å²) in [6.45, 7) is 0. The van der Waals surface area contributed by atoms with Crippen LogP contribution in [-0.2, 0) is 0 Å². The molecule has 2 unspecified atom stereocenters. The first-order valence-electron chi connectivity index (χ1n) is 7.54. The van der Waals surface area contributed by atoms with Gasteiger partial charge in [-0.15, -0.1) is 0 Å². The first-order valence-corrected chi connectivity index (χ1v) is 8.45. The van der Waals surface area contributed by atoms with E-state index in [2.05, 4.69) is 26.2 Å². The maximum atomic E-state index is 12.5. The summed E-state index contributed by atoms with van der Waals surface area (Å²) in [4.78, 5) is 17.1. The highest BCUT2D eigenvalue weighted by molar-refractivity contribution is 9.09. The smallest absolute Gasteiger partial charge is 0.251 e. The molecular weight excluding hydrogens is 328 g/mol. The Morgan fingerprint density at radius 1 is 1.19 bits per heavy atom. The number of halogens is 1. The van der Waals surface area contributed by atoms with Crippen molar-refractivity contribution >= 4 is 32.7 Å². The lowest BCUT2D eigenvalue weighted by atomic mass is 10.1. The van der Waals surface area contributed by atoms with Gasteiger partial charge in [-0.25, -0.2) is 0 Å². The third-order valence-electron chi connectivity index (χ3n) is 4.11. The van der Waals surface area contributed by atoms with Crippen LogP contribution >= 0.6 is 15.9 Å². The van der Waals surface area contributed by atoms with E-state index in [1.165, 1.54) is 19.3 Å². The van der Waals surface area contributed by atoms with Gasteiger partial charge in [-0.05, 0) is 37.1 Å². The quantitative estimate of drug-likeness (QED) is 0.658. The molecule has 0 spiro atoms. The molecular formula is C17H19BrN2O. The van der Waals surface area contributed by atoms with Crippen molar-refractivity contribution in [3.8, 4) is 0 Å². The number of pyridine rings is 1. The average molecular weight is 347 g/mol. The molecule has 1 aromatic carbocycles. The zero-order valence-electron chi connectivity index (χ0n) is 11.9. The number of hydrogen-bond acceptors (Lipinski definition) is 2. The summed E-state index contributed by atoms with van der Waals surface area (Å²) in [6, 6.07) is 9.78. The minimum absolute atomic E-state index is 0.0112. The Morgan fingerprint density at radius 2 is 2.05 bits per heavy atom. The molecule has 3 rings (SSSR count). The lowest BCUT2D eigenvalue weighted by Crippen LogP contribution is -2.40. The number of nitrogens with one attached hydrogen (secondary N) is 1. The Labute approximate surface area is 133 Å². The normalized spacial score (nSPS) is 22.7. The van der Waals surface area contributed by atoms with Gasteiger partial charge in [0.1, 0.15) is 0 Å². The molecule has 1 fully saturated rings. The zero-order valence-corrected chi connectivity index (χ0v) is 13.5. The van der Waals surface area contributed by atoms with Gasteiger partial charge in [0.15, 0.2) is 0 Å². The van der Waals surface area contributed by atoms with E-state index in [0.29, 0.717) is 10.4 Å². The van der Waals surface area contributed by atoms with Gasteiger partial charge in [0, 0.05) is 28.0 Å². The third kappa shape index (κ3) is 3.43. The number of benzene rings is 1. The molecule has 0 bridgehead atoms. The highest BCUT2D eigenvalue weighted by Crippen LogP contribution is 2.24. The Hall–Kier alpha value is -1.42. The molecule has 1 aliphatic carbocycles. The van der Waals surface area contributed by atoms with Crippen molar-refractivity contribution in [2.45, 2.75) is 43.0 Å². The summed E-state index contributed by atoms with van der Waals surface area (Å²) in [6.07, 6.45) is 7.64. The molecule has 2 aromatic rings. The maximum absolute atomic E-state index is 12.5. The van der Waals surface area contributed by atoms with E-state index in [1.54, 1.807) is 6.20 Å². The molecule has 110 valence electrons. The Morgan fingerprint density at radius 3 is 2.95 bits per heavy atom. The summed E-state index contributed by atoms with van der Waals surface area (Å²) in [5.74, 6) is 0.0112. The standard InChI is InChI=1S/C17H19BrN2O/c18-14-6-2-1-3-7-16(14)20-17(21)13-8-9-15-12(11-13)5-4-10-19-15/h4-5,8-11,14,16H,1-3,6-7H2,(H,20,21). The van der Waals surface area contributed by atoms with Crippen LogP contribution < -0.4 is 5.32 Å². The van der Waals surface area contributed by atoms with E-state index >= 15 is 0 Å².